The summed E-state index contributed by atoms with van der Waals surface area (Å²) in [5.41, 5.74) is 1.38. The largest absolute Gasteiger partial charge is 0.368 e. The highest BCUT2D eigenvalue weighted by molar-refractivity contribution is 5.80. The summed E-state index contributed by atoms with van der Waals surface area (Å²) in [6, 6.07) is 10.6. The molecule has 126 valence electrons. The number of hydrogen-bond donors (Lipinski definition) is 1. The van der Waals surface area contributed by atoms with Crippen LogP contribution in [0.1, 0.15) is 18.4 Å². The van der Waals surface area contributed by atoms with Gasteiger partial charge in [-0.15, -0.1) is 0 Å². The Labute approximate surface area is 138 Å². The van der Waals surface area contributed by atoms with E-state index in [2.05, 4.69) is 45.4 Å². The minimum Gasteiger partial charge on any atom is -0.368 e. The molecule has 0 radical (unpaired) electrons. The first-order valence-electron chi connectivity index (χ1n) is 8.69. The maximum absolute atomic E-state index is 11.9. The van der Waals surface area contributed by atoms with Crippen molar-refractivity contribution in [1.29, 1.82) is 0 Å². The van der Waals surface area contributed by atoms with Crippen molar-refractivity contribution in [3.05, 3.63) is 35.9 Å². The lowest BCUT2D eigenvalue weighted by atomic mass is 10.2. The van der Waals surface area contributed by atoms with Gasteiger partial charge in [0.05, 0.1) is 0 Å². The number of carbonyl (C=O) groups is 1. The first-order chi connectivity index (χ1) is 11.3. The summed E-state index contributed by atoms with van der Waals surface area (Å²) >= 11 is 0. The van der Waals surface area contributed by atoms with Crippen LogP contribution in [0.15, 0.2) is 30.3 Å². The van der Waals surface area contributed by atoms with Crippen LogP contribution in [0.3, 0.4) is 0 Å². The van der Waals surface area contributed by atoms with Crippen molar-refractivity contribution >= 4 is 5.91 Å². The highest BCUT2D eigenvalue weighted by atomic mass is 16.5. The summed E-state index contributed by atoms with van der Waals surface area (Å²) in [4.78, 5) is 16.8. The van der Waals surface area contributed by atoms with E-state index in [1.54, 1.807) is 0 Å². The van der Waals surface area contributed by atoms with Gasteiger partial charge in [-0.3, -0.25) is 14.6 Å². The Hall–Kier alpha value is -1.43. The van der Waals surface area contributed by atoms with Crippen molar-refractivity contribution in [2.75, 3.05) is 45.9 Å². The number of amides is 1. The van der Waals surface area contributed by atoms with E-state index in [-0.39, 0.29) is 12.0 Å². The highest BCUT2D eigenvalue weighted by Crippen LogP contribution is 2.11. The van der Waals surface area contributed by atoms with Crippen molar-refractivity contribution in [2.24, 2.45) is 0 Å². The van der Waals surface area contributed by atoms with Gasteiger partial charge in [-0.25, -0.2) is 0 Å². The molecule has 5 heteroatoms. The maximum atomic E-state index is 11.9. The minimum atomic E-state index is -0.210. The molecule has 0 aromatic heterocycles. The van der Waals surface area contributed by atoms with Crippen molar-refractivity contribution in [1.82, 2.24) is 15.1 Å². The van der Waals surface area contributed by atoms with Crippen LogP contribution < -0.4 is 5.32 Å². The second-order valence-corrected chi connectivity index (χ2v) is 6.40. The molecule has 1 amide bonds. The van der Waals surface area contributed by atoms with Crippen LogP contribution in [0.5, 0.6) is 0 Å². The van der Waals surface area contributed by atoms with E-state index in [1.807, 2.05) is 0 Å². The Bertz CT molecular complexity index is 480. The van der Waals surface area contributed by atoms with Crippen molar-refractivity contribution in [3.8, 4) is 0 Å². The lowest BCUT2D eigenvalue weighted by Gasteiger charge is -2.34. The van der Waals surface area contributed by atoms with Gasteiger partial charge < -0.3 is 10.1 Å². The predicted molar refractivity (Wildman–Crippen MR) is 90.1 cm³/mol. The van der Waals surface area contributed by atoms with E-state index in [9.17, 15) is 4.79 Å². The second-order valence-electron chi connectivity index (χ2n) is 6.40. The minimum absolute atomic E-state index is 0.0604. The summed E-state index contributed by atoms with van der Waals surface area (Å²) in [6.07, 6.45) is 1.66. The molecule has 0 bridgehead atoms. The zero-order valence-electron chi connectivity index (χ0n) is 13.7. The third kappa shape index (κ3) is 5.03. The molecule has 5 nitrogen and oxygen atoms in total. The molecule has 2 aliphatic rings. The highest BCUT2D eigenvalue weighted by Gasteiger charge is 2.23. The molecule has 2 aliphatic heterocycles. The number of nitrogens with zero attached hydrogens (tertiary/aromatic N) is 2. The first-order valence-corrected chi connectivity index (χ1v) is 8.69. The van der Waals surface area contributed by atoms with E-state index in [0.29, 0.717) is 0 Å². The number of ether oxygens (including phenoxy) is 1. The van der Waals surface area contributed by atoms with Gasteiger partial charge in [0.25, 0.3) is 0 Å². The Morgan fingerprint density at radius 3 is 2.57 bits per heavy atom. The number of carbonyl (C=O) groups excluding carboxylic acids is 1. The molecule has 1 atom stereocenters. The van der Waals surface area contributed by atoms with E-state index < -0.39 is 0 Å². The lowest BCUT2D eigenvalue weighted by Crippen LogP contribution is -2.48. The van der Waals surface area contributed by atoms with Crippen LogP contribution in [-0.2, 0) is 16.1 Å². The third-order valence-corrected chi connectivity index (χ3v) is 4.66. The molecule has 0 aliphatic carbocycles. The molecule has 3 rings (SSSR count). The van der Waals surface area contributed by atoms with Crippen LogP contribution in [0.4, 0.5) is 0 Å². The van der Waals surface area contributed by atoms with Gasteiger partial charge in [0, 0.05) is 52.4 Å². The number of hydrogen-bond acceptors (Lipinski definition) is 4. The molecule has 2 saturated heterocycles. The average Bonchev–Trinajstić information content (AvgIpc) is 3.12. The topological polar surface area (TPSA) is 44.8 Å². The zero-order chi connectivity index (χ0) is 15.9. The van der Waals surface area contributed by atoms with Gasteiger partial charge in [0.1, 0.15) is 6.10 Å². The molecule has 2 heterocycles. The summed E-state index contributed by atoms with van der Waals surface area (Å²) < 4.78 is 5.40. The van der Waals surface area contributed by atoms with Gasteiger partial charge in [0.2, 0.25) is 5.91 Å². The normalized spacial score (nSPS) is 23.0. The number of rotatable bonds is 6. The van der Waals surface area contributed by atoms with Gasteiger partial charge in [-0.05, 0) is 18.4 Å². The molecular formula is C18H27N3O2. The van der Waals surface area contributed by atoms with Crippen LogP contribution in [0.2, 0.25) is 0 Å². The van der Waals surface area contributed by atoms with E-state index in [4.69, 9.17) is 4.74 Å². The lowest BCUT2D eigenvalue weighted by molar-refractivity contribution is -0.130. The molecule has 1 aromatic carbocycles. The fraction of sp³-hybridized carbons (Fsp3) is 0.611. The van der Waals surface area contributed by atoms with Gasteiger partial charge in [-0.1, -0.05) is 30.3 Å². The first kappa shape index (κ1) is 16.4. The van der Waals surface area contributed by atoms with Gasteiger partial charge >= 0.3 is 0 Å². The summed E-state index contributed by atoms with van der Waals surface area (Å²) in [5, 5.41) is 3.00. The monoisotopic (exact) mass is 317 g/mol. The molecule has 0 spiro atoms. The second kappa shape index (κ2) is 8.43. The quantitative estimate of drug-likeness (QED) is 0.853. The number of nitrogens with one attached hydrogen (secondary N) is 1. The number of benzene rings is 1. The predicted octanol–water partition coefficient (Wildman–Crippen LogP) is 1.10. The molecule has 0 saturated carbocycles. The molecule has 23 heavy (non-hydrogen) atoms. The Morgan fingerprint density at radius 2 is 1.87 bits per heavy atom. The van der Waals surface area contributed by atoms with Gasteiger partial charge in [-0.2, -0.15) is 0 Å². The Kier molecular flexibility index (Phi) is 6.02. The fourth-order valence-electron chi connectivity index (χ4n) is 3.25. The third-order valence-electron chi connectivity index (χ3n) is 4.66. The molecule has 1 N–H and O–H groups in total. The van der Waals surface area contributed by atoms with Crippen LogP contribution >= 0.6 is 0 Å². The van der Waals surface area contributed by atoms with Crippen molar-refractivity contribution < 1.29 is 9.53 Å². The van der Waals surface area contributed by atoms with Crippen molar-refractivity contribution in [3.63, 3.8) is 0 Å². The van der Waals surface area contributed by atoms with Crippen LogP contribution in [0, 0.1) is 0 Å². The molecular weight excluding hydrogens is 290 g/mol. The van der Waals surface area contributed by atoms with E-state index >= 15 is 0 Å². The summed E-state index contributed by atoms with van der Waals surface area (Å²) in [7, 11) is 0. The summed E-state index contributed by atoms with van der Waals surface area (Å²) in [5.74, 6) is 0.0604. The maximum Gasteiger partial charge on any atom is 0.249 e. The summed E-state index contributed by atoms with van der Waals surface area (Å²) in [6.45, 7) is 7.73. The SMILES string of the molecule is O=C(NCCN1CCN(Cc2ccccc2)CC1)C1CCCO1. The fourth-order valence-corrected chi connectivity index (χ4v) is 3.25. The zero-order valence-corrected chi connectivity index (χ0v) is 13.7. The van der Waals surface area contributed by atoms with E-state index in [0.717, 1.165) is 65.3 Å². The standard InChI is InChI=1S/C18H27N3O2/c22-18(17-7-4-14-23-17)19-8-9-20-10-12-21(13-11-20)15-16-5-2-1-3-6-16/h1-3,5-6,17H,4,7-15H2,(H,19,22). The Balaban J connectivity index is 1.31. The average molecular weight is 317 g/mol. The van der Waals surface area contributed by atoms with E-state index in [1.165, 1.54) is 5.56 Å². The molecule has 1 unspecified atom stereocenters. The molecule has 1 aromatic rings. The smallest absolute Gasteiger partial charge is 0.249 e. The van der Waals surface area contributed by atoms with Crippen molar-refractivity contribution in [2.45, 2.75) is 25.5 Å². The molecule has 2 fully saturated rings. The van der Waals surface area contributed by atoms with Crippen LogP contribution in [-0.4, -0.2) is 67.7 Å². The Morgan fingerprint density at radius 1 is 1.13 bits per heavy atom. The van der Waals surface area contributed by atoms with Gasteiger partial charge in [0.15, 0.2) is 0 Å². The number of piperazine rings is 1. The van der Waals surface area contributed by atoms with Crippen LogP contribution in [0.25, 0.3) is 0 Å².